The van der Waals surface area contributed by atoms with Crippen LogP contribution in [0.5, 0.6) is 0 Å². The Morgan fingerprint density at radius 2 is 2.11 bits per heavy atom. The van der Waals surface area contributed by atoms with Gasteiger partial charge in [-0.15, -0.1) is 11.3 Å². The van der Waals surface area contributed by atoms with Crippen LogP contribution in [0.1, 0.15) is 30.0 Å². The van der Waals surface area contributed by atoms with Crippen LogP contribution in [0.4, 0.5) is 0 Å². The lowest BCUT2D eigenvalue weighted by molar-refractivity contribution is -0.139. The van der Waals surface area contributed by atoms with E-state index in [1.165, 1.54) is 12.0 Å². The van der Waals surface area contributed by atoms with Crippen molar-refractivity contribution in [3.8, 4) is 0 Å². The minimum absolute atomic E-state index is 0.202. The van der Waals surface area contributed by atoms with Gasteiger partial charge in [-0.3, -0.25) is 4.79 Å². The summed E-state index contributed by atoms with van der Waals surface area (Å²) < 4.78 is 4.65. The van der Waals surface area contributed by atoms with E-state index < -0.39 is 0 Å². The molecule has 0 aliphatic heterocycles. The number of hydrogen-bond donors (Lipinski definition) is 2. The lowest BCUT2D eigenvalue weighted by Gasteiger charge is -2.21. The van der Waals surface area contributed by atoms with Crippen molar-refractivity contribution in [2.24, 2.45) is 5.92 Å². The van der Waals surface area contributed by atoms with E-state index in [0.717, 1.165) is 17.8 Å². The number of carbonyl (C=O) groups excluding carboxylic acids is 1. The van der Waals surface area contributed by atoms with Gasteiger partial charge in [0.25, 0.3) is 0 Å². The van der Waals surface area contributed by atoms with Gasteiger partial charge in [-0.05, 0) is 24.5 Å². The van der Waals surface area contributed by atoms with E-state index in [9.17, 15) is 4.79 Å². The molecule has 0 saturated heterocycles. The fourth-order valence-electron chi connectivity index (χ4n) is 1.87. The van der Waals surface area contributed by atoms with Crippen molar-refractivity contribution in [1.29, 1.82) is 0 Å². The van der Waals surface area contributed by atoms with E-state index in [1.54, 1.807) is 11.3 Å². The topological polar surface area (TPSA) is 58.6 Å². The quantitative estimate of drug-likeness (QED) is 0.717. The van der Waals surface area contributed by atoms with Crippen LogP contribution in [0.15, 0.2) is 12.1 Å². The van der Waals surface area contributed by atoms with Gasteiger partial charge in [-0.25, -0.2) is 0 Å². The molecule has 0 aliphatic rings. The van der Waals surface area contributed by atoms with Gasteiger partial charge >= 0.3 is 5.97 Å². The highest BCUT2D eigenvalue weighted by atomic mass is 32.1. The van der Waals surface area contributed by atoms with Crippen LogP contribution in [-0.4, -0.2) is 30.8 Å². The van der Waals surface area contributed by atoms with Crippen molar-refractivity contribution in [3.63, 3.8) is 0 Å². The second kappa shape index (κ2) is 8.30. The molecule has 0 aliphatic carbocycles. The molecule has 1 aromatic rings. The fourth-order valence-corrected chi connectivity index (χ4v) is 2.82. The Hall–Kier alpha value is -0.910. The summed E-state index contributed by atoms with van der Waals surface area (Å²) in [6.45, 7) is 5.26. The first-order valence-electron chi connectivity index (χ1n) is 6.55. The fraction of sp³-hybridized carbons (Fsp3) is 0.643. The third-order valence-corrected chi connectivity index (χ3v) is 4.13. The van der Waals surface area contributed by atoms with Crippen molar-refractivity contribution in [1.82, 2.24) is 5.32 Å². The molecule has 4 nitrogen and oxygen atoms in total. The molecule has 1 aromatic heterocycles. The first-order valence-corrected chi connectivity index (χ1v) is 7.37. The number of thiophene rings is 1. The Labute approximate surface area is 118 Å². The molecule has 1 atom stereocenters. The molecule has 0 fully saturated rings. The van der Waals surface area contributed by atoms with Crippen LogP contribution in [-0.2, 0) is 22.5 Å². The van der Waals surface area contributed by atoms with Crippen LogP contribution in [0.25, 0.3) is 0 Å². The largest absolute Gasteiger partial charge is 0.469 e. The van der Waals surface area contributed by atoms with E-state index in [4.69, 9.17) is 5.11 Å². The molecule has 19 heavy (non-hydrogen) atoms. The number of aliphatic hydroxyl groups excluding tert-OH is 1. The SMILES string of the molecule is COC(=O)Cc1ccc(CNC(CCO)C(C)C)s1. The third-order valence-electron chi connectivity index (χ3n) is 3.05. The zero-order valence-corrected chi connectivity index (χ0v) is 12.6. The molecule has 1 heterocycles. The zero-order valence-electron chi connectivity index (χ0n) is 11.8. The summed E-state index contributed by atoms with van der Waals surface area (Å²) in [5.41, 5.74) is 0. The molecule has 0 saturated carbocycles. The Balaban J connectivity index is 2.46. The Bertz CT molecular complexity index is 390. The van der Waals surface area contributed by atoms with Crippen molar-refractivity contribution < 1.29 is 14.6 Å². The van der Waals surface area contributed by atoms with E-state index >= 15 is 0 Å². The molecule has 2 N–H and O–H groups in total. The van der Waals surface area contributed by atoms with Gasteiger partial charge < -0.3 is 15.2 Å². The molecule has 0 bridgehead atoms. The van der Waals surface area contributed by atoms with Crippen LogP contribution in [0.2, 0.25) is 0 Å². The molecule has 5 heteroatoms. The summed E-state index contributed by atoms with van der Waals surface area (Å²) in [6.07, 6.45) is 1.10. The van der Waals surface area contributed by atoms with Crippen molar-refractivity contribution in [3.05, 3.63) is 21.9 Å². The number of rotatable bonds is 8. The summed E-state index contributed by atoms with van der Waals surface area (Å²) >= 11 is 1.62. The zero-order chi connectivity index (χ0) is 14.3. The van der Waals surface area contributed by atoms with E-state index in [2.05, 4.69) is 23.9 Å². The maximum atomic E-state index is 11.2. The van der Waals surface area contributed by atoms with Gasteiger partial charge in [0.15, 0.2) is 0 Å². The van der Waals surface area contributed by atoms with Gasteiger partial charge in [-0.2, -0.15) is 0 Å². The van der Waals surface area contributed by atoms with Crippen LogP contribution < -0.4 is 5.32 Å². The Morgan fingerprint density at radius 1 is 1.42 bits per heavy atom. The van der Waals surface area contributed by atoms with Gasteiger partial charge in [0.05, 0.1) is 13.5 Å². The maximum absolute atomic E-state index is 11.2. The predicted molar refractivity (Wildman–Crippen MR) is 77.2 cm³/mol. The lowest BCUT2D eigenvalue weighted by atomic mass is 10.0. The maximum Gasteiger partial charge on any atom is 0.310 e. The molecule has 0 radical (unpaired) electrons. The second-order valence-electron chi connectivity index (χ2n) is 4.86. The van der Waals surface area contributed by atoms with Crippen LogP contribution in [0, 0.1) is 5.92 Å². The number of nitrogens with one attached hydrogen (secondary N) is 1. The number of methoxy groups -OCH3 is 1. The highest BCUT2D eigenvalue weighted by Gasteiger charge is 2.13. The van der Waals surface area contributed by atoms with Crippen LogP contribution in [0.3, 0.4) is 0 Å². The summed E-state index contributed by atoms with van der Waals surface area (Å²) in [5.74, 6) is 0.281. The van der Waals surface area contributed by atoms with Gasteiger partial charge in [0.2, 0.25) is 0 Å². The lowest BCUT2D eigenvalue weighted by Crippen LogP contribution is -2.33. The average Bonchev–Trinajstić information content (AvgIpc) is 2.81. The third kappa shape index (κ3) is 5.72. The Morgan fingerprint density at radius 3 is 2.68 bits per heavy atom. The second-order valence-corrected chi connectivity index (χ2v) is 6.12. The predicted octanol–water partition coefficient (Wildman–Crippen LogP) is 1.96. The average molecular weight is 285 g/mol. The van der Waals surface area contributed by atoms with Crippen molar-refractivity contribution in [2.45, 2.75) is 39.3 Å². The first-order chi connectivity index (χ1) is 9.06. The van der Waals surface area contributed by atoms with Gasteiger partial charge in [-0.1, -0.05) is 13.8 Å². The van der Waals surface area contributed by atoms with Crippen molar-refractivity contribution >= 4 is 17.3 Å². The molecular formula is C14H23NO3S. The summed E-state index contributed by atoms with van der Waals surface area (Å²) in [4.78, 5) is 13.4. The minimum Gasteiger partial charge on any atom is -0.469 e. The molecule has 0 amide bonds. The number of aliphatic hydroxyl groups is 1. The molecule has 0 spiro atoms. The van der Waals surface area contributed by atoms with E-state index in [0.29, 0.717) is 18.4 Å². The smallest absolute Gasteiger partial charge is 0.310 e. The molecule has 1 unspecified atom stereocenters. The van der Waals surface area contributed by atoms with Gasteiger partial charge in [0, 0.05) is 28.9 Å². The summed E-state index contributed by atoms with van der Waals surface area (Å²) in [5, 5.41) is 12.5. The van der Waals surface area contributed by atoms with Gasteiger partial charge in [0.1, 0.15) is 0 Å². The highest BCUT2D eigenvalue weighted by Crippen LogP contribution is 2.18. The highest BCUT2D eigenvalue weighted by molar-refractivity contribution is 7.12. The number of esters is 1. The minimum atomic E-state index is -0.207. The number of carbonyl (C=O) groups is 1. The normalized spacial score (nSPS) is 12.7. The molecule has 1 rings (SSSR count). The Kier molecular flexibility index (Phi) is 7.05. The molecule has 0 aromatic carbocycles. The van der Waals surface area contributed by atoms with E-state index in [-0.39, 0.29) is 12.6 Å². The van der Waals surface area contributed by atoms with Crippen LogP contribution >= 0.6 is 11.3 Å². The van der Waals surface area contributed by atoms with E-state index in [1.807, 2.05) is 12.1 Å². The molecular weight excluding hydrogens is 262 g/mol. The van der Waals surface area contributed by atoms with Crippen molar-refractivity contribution in [2.75, 3.05) is 13.7 Å². The first kappa shape index (κ1) is 16.1. The summed E-state index contributed by atoms with van der Waals surface area (Å²) in [7, 11) is 1.40. The molecule has 108 valence electrons. The number of ether oxygens (including phenoxy) is 1. The monoisotopic (exact) mass is 285 g/mol. The summed E-state index contributed by atoms with van der Waals surface area (Å²) in [6, 6.07) is 4.32. The number of hydrogen-bond acceptors (Lipinski definition) is 5. The standard InChI is InChI=1S/C14H23NO3S/c1-10(2)13(6-7-16)15-9-12-5-4-11(19-12)8-14(17)18-3/h4-5,10,13,15-16H,6-9H2,1-3H3.